The van der Waals surface area contributed by atoms with Crippen LogP contribution in [0.25, 0.3) is 60.9 Å². The first-order valence-electron chi connectivity index (χ1n) is 18.9. The minimum atomic E-state index is -4.52. The Bertz CT molecular complexity index is 2790. The largest absolute Gasteiger partial charge is 0.416 e. The zero-order valence-electron chi connectivity index (χ0n) is 31.3. The van der Waals surface area contributed by atoms with Crippen molar-refractivity contribution in [1.82, 2.24) is 4.57 Å². The zero-order valence-corrected chi connectivity index (χ0v) is 31.3. The highest BCUT2D eigenvalue weighted by molar-refractivity contribution is 6.10. The normalized spacial score (nSPS) is 12.0. The van der Waals surface area contributed by atoms with Crippen molar-refractivity contribution in [2.45, 2.75) is 19.0 Å². The molecule has 0 aliphatic heterocycles. The third-order valence-corrected chi connectivity index (χ3v) is 10.6. The van der Waals surface area contributed by atoms with Crippen molar-refractivity contribution in [1.29, 1.82) is 0 Å². The van der Waals surface area contributed by atoms with Gasteiger partial charge in [-0.25, -0.2) is 8.78 Å². The first kappa shape index (κ1) is 36.6. The topological polar surface area (TPSA) is 8.17 Å². The van der Waals surface area contributed by atoms with Crippen molar-refractivity contribution in [2.75, 3.05) is 4.90 Å². The molecule has 58 heavy (non-hydrogen) atoms. The van der Waals surface area contributed by atoms with Gasteiger partial charge in [0.05, 0.1) is 16.6 Å². The van der Waals surface area contributed by atoms with Gasteiger partial charge in [0.2, 0.25) is 0 Å². The molecule has 0 bridgehead atoms. The highest BCUT2D eigenvalue weighted by Crippen LogP contribution is 2.41. The van der Waals surface area contributed by atoms with Crippen LogP contribution in [-0.4, -0.2) is 4.57 Å². The average molecular weight is 771 g/mol. The minimum Gasteiger partial charge on any atom is -0.310 e. The van der Waals surface area contributed by atoms with Gasteiger partial charge in [0, 0.05) is 46.0 Å². The summed E-state index contributed by atoms with van der Waals surface area (Å²) in [5.41, 5.74) is 8.80. The lowest BCUT2D eigenvalue weighted by Gasteiger charge is -2.25. The number of rotatable bonds is 8. The van der Waals surface area contributed by atoms with Gasteiger partial charge in [-0.1, -0.05) is 97.1 Å². The Morgan fingerprint density at radius 1 is 0.379 bits per heavy atom. The zero-order chi connectivity index (χ0) is 40.0. The van der Waals surface area contributed by atoms with Crippen LogP contribution in [0.3, 0.4) is 0 Å². The molecule has 9 aromatic rings. The van der Waals surface area contributed by atoms with Crippen molar-refractivity contribution < 1.29 is 22.0 Å². The number of hydrogen-bond acceptors (Lipinski definition) is 1. The number of para-hydroxylation sites is 3. The molecule has 0 saturated carbocycles. The summed E-state index contributed by atoms with van der Waals surface area (Å²) in [5.74, 6) is -3.06. The van der Waals surface area contributed by atoms with Crippen molar-refractivity contribution in [3.63, 3.8) is 0 Å². The number of halogens is 5. The first-order valence-corrected chi connectivity index (χ1v) is 18.9. The molecule has 0 N–H and O–H groups in total. The van der Waals surface area contributed by atoms with Crippen LogP contribution in [0.2, 0.25) is 0 Å². The van der Waals surface area contributed by atoms with Crippen LogP contribution in [0.15, 0.2) is 194 Å². The molecule has 0 aliphatic carbocycles. The Labute approximate surface area is 332 Å². The van der Waals surface area contributed by atoms with Gasteiger partial charge in [-0.15, -0.1) is 0 Å². The molecule has 2 nitrogen and oxygen atoms in total. The molecule has 284 valence electrons. The van der Waals surface area contributed by atoms with Crippen LogP contribution < -0.4 is 4.90 Å². The summed E-state index contributed by atoms with van der Waals surface area (Å²) in [7, 11) is 0. The lowest BCUT2D eigenvalue weighted by atomic mass is 9.92. The summed E-state index contributed by atoms with van der Waals surface area (Å²) in [6.45, 7) is 0.846. The van der Waals surface area contributed by atoms with Gasteiger partial charge >= 0.3 is 6.18 Å². The molecule has 0 saturated heterocycles. The lowest BCUT2D eigenvalue weighted by molar-refractivity contribution is -0.137. The maximum Gasteiger partial charge on any atom is 0.416 e. The molecule has 8 aromatic carbocycles. The molecular weight excluding hydrogens is 736 g/mol. The van der Waals surface area contributed by atoms with Gasteiger partial charge in [0.25, 0.3) is 5.92 Å². The van der Waals surface area contributed by atoms with E-state index < -0.39 is 17.7 Å². The molecule has 1 heterocycles. The maximum atomic E-state index is 14.4. The third kappa shape index (κ3) is 7.00. The second-order valence-electron chi connectivity index (χ2n) is 14.5. The fourth-order valence-corrected chi connectivity index (χ4v) is 7.76. The van der Waals surface area contributed by atoms with Gasteiger partial charge in [-0.3, -0.25) is 0 Å². The third-order valence-electron chi connectivity index (χ3n) is 10.6. The van der Waals surface area contributed by atoms with Crippen LogP contribution in [0.5, 0.6) is 0 Å². The van der Waals surface area contributed by atoms with E-state index in [0.717, 1.165) is 74.7 Å². The standard InChI is InChI=1S/C51H35F5N2/c1-50(52,53)40-14-10-12-35(31-40)38-28-37(29-39(30-38)36-13-11-15-41(32-36)51(54,55)56)34-22-24-44(25-23-34)58-48-21-9-8-20-46(48)47-33-45(26-27-49(47)58)57(42-16-4-2-5-17-42)43-18-6-3-7-19-43/h2-33H,1H3. The molecule has 9 rings (SSSR count). The average Bonchev–Trinajstić information content (AvgIpc) is 3.58. The van der Waals surface area contributed by atoms with Gasteiger partial charge in [-0.2, -0.15) is 13.2 Å². The molecule has 0 atom stereocenters. The second kappa shape index (κ2) is 14.5. The highest BCUT2D eigenvalue weighted by atomic mass is 19.4. The molecular formula is C51H35F5N2. The van der Waals surface area contributed by atoms with Crippen LogP contribution >= 0.6 is 0 Å². The predicted octanol–water partition coefficient (Wildman–Crippen LogP) is 15.4. The summed E-state index contributed by atoms with van der Waals surface area (Å²) in [6.07, 6.45) is -4.52. The predicted molar refractivity (Wildman–Crippen MR) is 226 cm³/mol. The Balaban J connectivity index is 1.15. The summed E-state index contributed by atoms with van der Waals surface area (Å²) in [6, 6.07) is 60.2. The van der Waals surface area contributed by atoms with Crippen molar-refractivity contribution >= 4 is 38.9 Å². The molecule has 0 aliphatic rings. The van der Waals surface area contributed by atoms with Crippen LogP contribution in [0, 0.1) is 0 Å². The number of hydrogen-bond donors (Lipinski definition) is 0. The van der Waals surface area contributed by atoms with E-state index in [2.05, 4.69) is 64.1 Å². The van der Waals surface area contributed by atoms with E-state index in [1.807, 2.05) is 84.9 Å². The van der Waals surface area contributed by atoms with E-state index in [-0.39, 0.29) is 5.56 Å². The van der Waals surface area contributed by atoms with Crippen molar-refractivity contribution in [3.8, 4) is 39.1 Å². The number of aromatic nitrogens is 1. The van der Waals surface area contributed by atoms with Crippen LogP contribution in [-0.2, 0) is 12.1 Å². The Morgan fingerprint density at radius 2 is 0.897 bits per heavy atom. The number of nitrogens with zero attached hydrogens (tertiary/aromatic N) is 2. The SMILES string of the molecule is CC(F)(F)c1cccc(-c2cc(-c3ccc(-n4c5ccccc5c5cc(N(c6ccccc6)c6ccccc6)ccc54)cc3)cc(-c3cccc(C(F)(F)F)c3)c2)c1. The first-order chi connectivity index (χ1) is 28.0. The van der Waals surface area contributed by atoms with E-state index in [1.165, 1.54) is 18.2 Å². The summed E-state index contributed by atoms with van der Waals surface area (Å²) in [5, 5.41) is 2.19. The quantitative estimate of drug-likeness (QED) is 0.140. The fraction of sp³-hybridized carbons (Fsp3) is 0.0588. The van der Waals surface area contributed by atoms with E-state index in [4.69, 9.17) is 0 Å². The van der Waals surface area contributed by atoms with E-state index in [1.54, 1.807) is 24.3 Å². The fourth-order valence-electron chi connectivity index (χ4n) is 7.76. The Kier molecular flexibility index (Phi) is 9.16. The van der Waals surface area contributed by atoms with Crippen molar-refractivity contribution in [3.05, 3.63) is 205 Å². The van der Waals surface area contributed by atoms with Crippen LogP contribution in [0.1, 0.15) is 18.1 Å². The Hall–Kier alpha value is -6.99. The molecule has 0 amide bonds. The molecule has 7 heteroatoms. The smallest absolute Gasteiger partial charge is 0.310 e. The van der Waals surface area contributed by atoms with Gasteiger partial charge in [0.15, 0.2) is 0 Å². The van der Waals surface area contributed by atoms with E-state index in [9.17, 15) is 22.0 Å². The lowest BCUT2D eigenvalue weighted by Crippen LogP contribution is -2.09. The highest BCUT2D eigenvalue weighted by Gasteiger charge is 2.30. The minimum absolute atomic E-state index is 0.147. The van der Waals surface area contributed by atoms with E-state index >= 15 is 0 Å². The van der Waals surface area contributed by atoms with Gasteiger partial charge in [-0.05, 0) is 130 Å². The van der Waals surface area contributed by atoms with Crippen LogP contribution in [0.4, 0.5) is 39.0 Å². The second-order valence-corrected chi connectivity index (χ2v) is 14.5. The number of anilines is 3. The summed E-state index contributed by atoms with van der Waals surface area (Å²) < 4.78 is 72.5. The molecule has 0 spiro atoms. The molecule has 1 aromatic heterocycles. The molecule has 0 unspecified atom stereocenters. The monoisotopic (exact) mass is 770 g/mol. The molecule has 0 radical (unpaired) electrons. The number of benzene rings is 8. The Morgan fingerprint density at radius 3 is 1.48 bits per heavy atom. The number of fused-ring (bicyclic) bond motifs is 3. The maximum absolute atomic E-state index is 14.4. The van der Waals surface area contributed by atoms with E-state index in [0.29, 0.717) is 22.3 Å². The van der Waals surface area contributed by atoms with Gasteiger partial charge < -0.3 is 9.47 Å². The summed E-state index contributed by atoms with van der Waals surface area (Å²) >= 11 is 0. The van der Waals surface area contributed by atoms with Gasteiger partial charge in [0.1, 0.15) is 0 Å². The number of alkyl halides is 5. The summed E-state index contributed by atoms with van der Waals surface area (Å²) in [4.78, 5) is 2.24. The molecule has 0 fully saturated rings. The van der Waals surface area contributed by atoms with Crippen molar-refractivity contribution in [2.24, 2.45) is 0 Å².